The number of hydrogen-bond acceptors (Lipinski definition) is 3. The van der Waals surface area contributed by atoms with E-state index in [0.29, 0.717) is 5.92 Å². The molecule has 0 amide bonds. The van der Waals surface area contributed by atoms with Crippen LogP contribution >= 0.6 is 0 Å². The molecule has 0 radical (unpaired) electrons. The Morgan fingerprint density at radius 2 is 2.25 bits per heavy atom. The van der Waals surface area contributed by atoms with Crippen molar-refractivity contribution in [3.63, 3.8) is 0 Å². The molecule has 16 heavy (non-hydrogen) atoms. The van der Waals surface area contributed by atoms with Crippen molar-refractivity contribution in [1.29, 1.82) is 0 Å². The van der Waals surface area contributed by atoms with E-state index in [1.165, 1.54) is 0 Å². The van der Waals surface area contributed by atoms with Crippen molar-refractivity contribution in [2.45, 2.75) is 24.8 Å². The maximum absolute atomic E-state index is 12.1. The third-order valence-corrected chi connectivity index (χ3v) is 4.43. The van der Waals surface area contributed by atoms with E-state index in [1.54, 1.807) is 6.20 Å². The number of piperidine rings is 1. The van der Waals surface area contributed by atoms with Crippen molar-refractivity contribution in [3.8, 4) is 0 Å². The van der Waals surface area contributed by atoms with Crippen LogP contribution in [0, 0.1) is 12.8 Å². The first-order valence-corrected chi connectivity index (χ1v) is 7.09. The van der Waals surface area contributed by atoms with Crippen molar-refractivity contribution in [2.24, 2.45) is 5.92 Å². The van der Waals surface area contributed by atoms with Gasteiger partial charge in [0, 0.05) is 11.9 Å². The smallest absolute Gasteiger partial charge is 0.127 e. The molecule has 2 rings (SSSR count). The van der Waals surface area contributed by atoms with E-state index in [1.807, 2.05) is 19.1 Å². The van der Waals surface area contributed by atoms with Crippen molar-refractivity contribution >= 4 is 10.8 Å². The monoisotopic (exact) mass is 238 g/mol. The molecule has 0 aromatic carbocycles. The number of nitrogens with one attached hydrogen (secondary N) is 1. The average Bonchev–Trinajstić information content (AvgIpc) is 2.30. The van der Waals surface area contributed by atoms with Gasteiger partial charge >= 0.3 is 0 Å². The molecule has 1 N–H and O–H groups in total. The summed E-state index contributed by atoms with van der Waals surface area (Å²) in [6.07, 6.45) is 4.01. The molecule has 1 fully saturated rings. The largest absolute Gasteiger partial charge is 0.317 e. The molecule has 1 saturated heterocycles. The third-order valence-electron chi connectivity index (χ3n) is 2.97. The van der Waals surface area contributed by atoms with Crippen LogP contribution in [0.1, 0.15) is 18.4 Å². The maximum Gasteiger partial charge on any atom is 0.127 e. The number of pyridine rings is 1. The van der Waals surface area contributed by atoms with Crippen LogP contribution in [0.4, 0.5) is 0 Å². The van der Waals surface area contributed by atoms with Crippen LogP contribution in [0.25, 0.3) is 0 Å². The highest BCUT2D eigenvalue weighted by Crippen LogP contribution is 2.16. The normalized spacial score (nSPS) is 19.6. The van der Waals surface area contributed by atoms with Gasteiger partial charge in [-0.25, -0.2) is 4.98 Å². The molecule has 88 valence electrons. The predicted molar refractivity (Wildman–Crippen MR) is 65.8 cm³/mol. The fourth-order valence-electron chi connectivity index (χ4n) is 1.98. The van der Waals surface area contributed by atoms with Gasteiger partial charge in [0.1, 0.15) is 5.03 Å². The summed E-state index contributed by atoms with van der Waals surface area (Å²) in [5.41, 5.74) is 1.13. The third kappa shape index (κ3) is 3.12. The number of rotatable bonds is 3. The lowest BCUT2D eigenvalue weighted by Gasteiger charge is -2.21. The Morgan fingerprint density at radius 1 is 1.50 bits per heavy atom. The molecule has 1 aliphatic heterocycles. The van der Waals surface area contributed by atoms with Gasteiger partial charge in [0.05, 0.1) is 10.8 Å². The van der Waals surface area contributed by atoms with Gasteiger partial charge in [-0.2, -0.15) is 0 Å². The van der Waals surface area contributed by atoms with Crippen LogP contribution in [-0.2, 0) is 10.8 Å². The second kappa shape index (κ2) is 5.55. The summed E-state index contributed by atoms with van der Waals surface area (Å²) in [6, 6.07) is 3.86. The van der Waals surface area contributed by atoms with Gasteiger partial charge in [0.25, 0.3) is 0 Å². The fraction of sp³-hybridized carbons (Fsp3) is 0.583. The van der Waals surface area contributed by atoms with Crippen LogP contribution in [-0.4, -0.2) is 28.0 Å². The Hall–Kier alpha value is -0.740. The standard InChI is InChI=1S/C12H18N2OS/c1-10-2-7-14-12(8-10)16(15)9-11-3-5-13-6-4-11/h2,7-8,11,13H,3-6,9H2,1H3/t16-/m1/s1. The molecule has 0 aliphatic carbocycles. The van der Waals surface area contributed by atoms with E-state index < -0.39 is 10.8 Å². The van der Waals surface area contributed by atoms with Crippen LogP contribution in [0.3, 0.4) is 0 Å². The van der Waals surface area contributed by atoms with Gasteiger partial charge in [-0.05, 0) is 56.5 Å². The molecule has 1 aliphatic rings. The Morgan fingerprint density at radius 3 is 2.94 bits per heavy atom. The number of aromatic nitrogens is 1. The topological polar surface area (TPSA) is 42.0 Å². The van der Waals surface area contributed by atoms with E-state index in [0.717, 1.165) is 42.3 Å². The predicted octanol–water partition coefficient (Wildman–Crippen LogP) is 1.50. The van der Waals surface area contributed by atoms with Gasteiger partial charge in [-0.15, -0.1) is 0 Å². The van der Waals surface area contributed by atoms with Crippen LogP contribution in [0.5, 0.6) is 0 Å². The molecular formula is C12H18N2OS. The number of hydrogen-bond donors (Lipinski definition) is 1. The Bertz CT molecular complexity index is 375. The molecule has 0 unspecified atom stereocenters. The molecule has 2 heterocycles. The quantitative estimate of drug-likeness (QED) is 0.867. The first-order chi connectivity index (χ1) is 7.75. The SMILES string of the molecule is Cc1ccnc([S@](=O)CC2CCNCC2)c1. The molecule has 0 bridgehead atoms. The minimum Gasteiger partial charge on any atom is -0.317 e. The minimum absolute atomic E-state index is 0.587. The molecule has 4 heteroatoms. The van der Waals surface area contributed by atoms with E-state index in [4.69, 9.17) is 0 Å². The summed E-state index contributed by atoms with van der Waals surface area (Å²) in [7, 11) is -0.930. The lowest BCUT2D eigenvalue weighted by Crippen LogP contribution is -2.30. The van der Waals surface area contributed by atoms with Gasteiger partial charge in [0.2, 0.25) is 0 Å². The minimum atomic E-state index is -0.930. The molecule has 1 aromatic rings. The molecule has 1 atom stereocenters. The lowest BCUT2D eigenvalue weighted by atomic mass is 10.0. The highest BCUT2D eigenvalue weighted by molar-refractivity contribution is 7.84. The summed E-state index contributed by atoms with van der Waals surface area (Å²) in [5.74, 6) is 1.35. The highest BCUT2D eigenvalue weighted by Gasteiger charge is 2.17. The molecule has 0 saturated carbocycles. The summed E-state index contributed by atoms with van der Waals surface area (Å²) < 4.78 is 12.1. The Kier molecular flexibility index (Phi) is 4.07. The van der Waals surface area contributed by atoms with Gasteiger partial charge in [-0.1, -0.05) is 0 Å². The second-order valence-corrected chi connectivity index (χ2v) is 5.82. The van der Waals surface area contributed by atoms with Crippen molar-refractivity contribution in [1.82, 2.24) is 10.3 Å². The van der Waals surface area contributed by atoms with E-state index in [2.05, 4.69) is 10.3 Å². The first-order valence-electron chi connectivity index (χ1n) is 5.77. The van der Waals surface area contributed by atoms with Crippen molar-refractivity contribution in [3.05, 3.63) is 23.9 Å². The zero-order chi connectivity index (χ0) is 11.4. The zero-order valence-electron chi connectivity index (χ0n) is 9.61. The Balaban J connectivity index is 1.97. The van der Waals surface area contributed by atoms with Crippen molar-refractivity contribution < 1.29 is 4.21 Å². The molecule has 1 aromatic heterocycles. The maximum atomic E-state index is 12.1. The number of aryl methyl sites for hydroxylation is 1. The van der Waals surface area contributed by atoms with Gasteiger partial charge in [-0.3, -0.25) is 4.21 Å². The molecule has 3 nitrogen and oxygen atoms in total. The van der Waals surface area contributed by atoms with E-state index in [9.17, 15) is 4.21 Å². The van der Waals surface area contributed by atoms with Crippen LogP contribution in [0.15, 0.2) is 23.4 Å². The van der Waals surface area contributed by atoms with Crippen molar-refractivity contribution in [2.75, 3.05) is 18.8 Å². The molecular weight excluding hydrogens is 220 g/mol. The van der Waals surface area contributed by atoms with E-state index in [-0.39, 0.29) is 0 Å². The molecule has 0 spiro atoms. The van der Waals surface area contributed by atoms with Gasteiger partial charge < -0.3 is 5.32 Å². The first kappa shape index (κ1) is 11.7. The van der Waals surface area contributed by atoms with Crippen LogP contribution < -0.4 is 5.32 Å². The Labute approximate surface area is 99.1 Å². The van der Waals surface area contributed by atoms with Gasteiger partial charge in [0.15, 0.2) is 0 Å². The number of nitrogens with zero attached hydrogens (tertiary/aromatic N) is 1. The zero-order valence-corrected chi connectivity index (χ0v) is 10.4. The average molecular weight is 238 g/mol. The summed E-state index contributed by atoms with van der Waals surface area (Å²) >= 11 is 0. The lowest BCUT2D eigenvalue weighted by molar-refractivity contribution is 0.405. The highest BCUT2D eigenvalue weighted by atomic mass is 32.2. The summed E-state index contributed by atoms with van der Waals surface area (Å²) in [4.78, 5) is 4.19. The van der Waals surface area contributed by atoms with Crippen LogP contribution in [0.2, 0.25) is 0 Å². The fourth-order valence-corrected chi connectivity index (χ4v) is 3.41. The summed E-state index contributed by atoms with van der Waals surface area (Å²) in [6.45, 7) is 4.12. The summed E-state index contributed by atoms with van der Waals surface area (Å²) in [5, 5.41) is 4.06. The van der Waals surface area contributed by atoms with E-state index >= 15 is 0 Å². The second-order valence-electron chi connectivity index (χ2n) is 4.38.